The molecule has 1 aromatic carbocycles. The van der Waals surface area contributed by atoms with Crippen molar-refractivity contribution in [3.8, 4) is 11.5 Å². The van der Waals surface area contributed by atoms with Gasteiger partial charge in [-0.2, -0.15) is 0 Å². The van der Waals surface area contributed by atoms with Gasteiger partial charge >= 0.3 is 0 Å². The summed E-state index contributed by atoms with van der Waals surface area (Å²) in [5, 5.41) is 3.42. The predicted molar refractivity (Wildman–Crippen MR) is 99.8 cm³/mol. The van der Waals surface area contributed by atoms with Gasteiger partial charge in [0.05, 0.1) is 24.1 Å². The molecule has 2 aromatic rings. The summed E-state index contributed by atoms with van der Waals surface area (Å²) in [5.41, 5.74) is 1.21. The third kappa shape index (κ3) is 3.86. The zero-order valence-electron chi connectivity index (χ0n) is 14.0. The number of hydrogen-bond donors (Lipinski definition) is 1. The molecule has 6 heteroatoms. The summed E-state index contributed by atoms with van der Waals surface area (Å²) in [7, 11) is 1.67. The predicted octanol–water partition coefficient (Wildman–Crippen LogP) is 3.80. The van der Waals surface area contributed by atoms with Crippen molar-refractivity contribution < 1.29 is 9.47 Å². The summed E-state index contributed by atoms with van der Waals surface area (Å²) < 4.78 is 12.0. The van der Waals surface area contributed by atoms with Gasteiger partial charge in [-0.05, 0) is 36.8 Å². The van der Waals surface area contributed by atoms with Crippen molar-refractivity contribution in [3.05, 3.63) is 45.1 Å². The van der Waals surface area contributed by atoms with Gasteiger partial charge in [0.25, 0.3) is 0 Å². The molecule has 1 aliphatic rings. The number of piperazine rings is 1. The van der Waals surface area contributed by atoms with Gasteiger partial charge < -0.3 is 14.8 Å². The first-order valence-corrected chi connectivity index (χ1v) is 9.43. The third-order valence-electron chi connectivity index (χ3n) is 4.18. The van der Waals surface area contributed by atoms with Crippen LogP contribution >= 0.6 is 22.9 Å². The van der Waals surface area contributed by atoms with E-state index in [1.165, 1.54) is 10.4 Å². The van der Waals surface area contributed by atoms with E-state index in [1.54, 1.807) is 18.4 Å². The Morgan fingerprint density at radius 1 is 1.21 bits per heavy atom. The Morgan fingerprint density at radius 2 is 2.00 bits per heavy atom. The molecule has 1 fully saturated rings. The Morgan fingerprint density at radius 3 is 2.62 bits per heavy atom. The maximum Gasteiger partial charge on any atom is 0.161 e. The molecule has 2 heterocycles. The van der Waals surface area contributed by atoms with E-state index in [0.717, 1.165) is 42.0 Å². The van der Waals surface area contributed by atoms with E-state index in [-0.39, 0.29) is 6.04 Å². The van der Waals surface area contributed by atoms with Gasteiger partial charge in [0, 0.05) is 31.1 Å². The van der Waals surface area contributed by atoms with E-state index in [0.29, 0.717) is 6.61 Å². The molecule has 24 heavy (non-hydrogen) atoms. The lowest BCUT2D eigenvalue weighted by molar-refractivity contribution is 0.200. The highest BCUT2D eigenvalue weighted by atomic mass is 35.5. The molecule has 0 aliphatic carbocycles. The van der Waals surface area contributed by atoms with Crippen molar-refractivity contribution in [2.45, 2.75) is 13.0 Å². The number of halogens is 1. The van der Waals surface area contributed by atoms with Crippen LogP contribution in [0.2, 0.25) is 4.34 Å². The van der Waals surface area contributed by atoms with Gasteiger partial charge in [-0.15, -0.1) is 11.3 Å². The number of ether oxygens (including phenoxy) is 2. The van der Waals surface area contributed by atoms with Crippen LogP contribution in [0.15, 0.2) is 30.3 Å². The molecule has 3 rings (SSSR count). The minimum Gasteiger partial charge on any atom is -0.493 e. The molecule has 0 bridgehead atoms. The topological polar surface area (TPSA) is 33.7 Å². The second-order valence-corrected chi connectivity index (χ2v) is 7.42. The quantitative estimate of drug-likeness (QED) is 0.843. The number of benzene rings is 1. The maximum atomic E-state index is 6.20. The van der Waals surface area contributed by atoms with E-state index >= 15 is 0 Å². The van der Waals surface area contributed by atoms with Gasteiger partial charge in [-0.25, -0.2) is 0 Å². The van der Waals surface area contributed by atoms with Gasteiger partial charge in [0.1, 0.15) is 0 Å². The first kappa shape index (κ1) is 17.5. The van der Waals surface area contributed by atoms with Gasteiger partial charge in [-0.1, -0.05) is 17.7 Å². The van der Waals surface area contributed by atoms with E-state index < -0.39 is 0 Å². The molecular weight excluding hydrogens is 344 g/mol. The molecule has 1 saturated heterocycles. The summed E-state index contributed by atoms with van der Waals surface area (Å²) in [4.78, 5) is 3.76. The van der Waals surface area contributed by atoms with Crippen molar-refractivity contribution in [2.24, 2.45) is 0 Å². The summed E-state index contributed by atoms with van der Waals surface area (Å²) in [5.74, 6) is 1.56. The van der Waals surface area contributed by atoms with Crippen LogP contribution in [0.4, 0.5) is 0 Å². The Hall–Kier alpha value is -1.27. The van der Waals surface area contributed by atoms with E-state index in [9.17, 15) is 0 Å². The van der Waals surface area contributed by atoms with Crippen molar-refractivity contribution in [3.63, 3.8) is 0 Å². The van der Waals surface area contributed by atoms with Crippen molar-refractivity contribution in [1.82, 2.24) is 10.2 Å². The zero-order chi connectivity index (χ0) is 16.9. The minimum absolute atomic E-state index is 0.190. The van der Waals surface area contributed by atoms with E-state index in [1.807, 2.05) is 19.1 Å². The number of rotatable bonds is 6. The molecule has 1 aromatic heterocycles. The Kier molecular flexibility index (Phi) is 6.00. The monoisotopic (exact) mass is 366 g/mol. The number of hydrogen-bond acceptors (Lipinski definition) is 5. The molecule has 1 atom stereocenters. The van der Waals surface area contributed by atoms with Crippen LogP contribution < -0.4 is 14.8 Å². The fraction of sp³-hybridized carbons (Fsp3) is 0.444. The van der Waals surface area contributed by atoms with Crippen molar-refractivity contribution >= 4 is 22.9 Å². The molecule has 1 aliphatic heterocycles. The summed E-state index contributed by atoms with van der Waals surface area (Å²) in [6, 6.07) is 10.5. The van der Waals surface area contributed by atoms with E-state index in [2.05, 4.69) is 28.4 Å². The van der Waals surface area contributed by atoms with Crippen LogP contribution in [-0.2, 0) is 0 Å². The Labute approximate surface area is 152 Å². The normalized spacial score (nSPS) is 16.8. The molecule has 4 nitrogen and oxygen atoms in total. The van der Waals surface area contributed by atoms with Crippen molar-refractivity contribution in [2.75, 3.05) is 39.9 Å². The molecule has 1 unspecified atom stereocenters. The number of thiophene rings is 1. The van der Waals surface area contributed by atoms with Crippen LogP contribution in [0.1, 0.15) is 23.4 Å². The largest absolute Gasteiger partial charge is 0.493 e. The first-order valence-electron chi connectivity index (χ1n) is 8.23. The van der Waals surface area contributed by atoms with Gasteiger partial charge in [0.15, 0.2) is 11.5 Å². The summed E-state index contributed by atoms with van der Waals surface area (Å²) >= 11 is 7.85. The second-order valence-electron chi connectivity index (χ2n) is 5.67. The molecule has 0 radical (unpaired) electrons. The van der Waals surface area contributed by atoms with Gasteiger partial charge in [-0.3, -0.25) is 4.90 Å². The van der Waals surface area contributed by atoms with Crippen LogP contribution in [0.5, 0.6) is 11.5 Å². The number of methoxy groups -OCH3 is 1. The third-order valence-corrected chi connectivity index (χ3v) is 5.47. The average molecular weight is 367 g/mol. The molecule has 0 amide bonds. The Bertz CT molecular complexity index is 671. The maximum absolute atomic E-state index is 6.20. The first-order chi connectivity index (χ1) is 11.7. The summed E-state index contributed by atoms with van der Waals surface area (Å²) in [6.45, 7) is 6.63. The standard InChI is InChI=1S/C18H23ClN2O2S/c1-3-23-15-12-13(4-5-14(15)22-2)18(16-6-7-17(19)24-16)21-10-8-20-9-11-21/h4-7,12,18,20H,3,8-11H2,1-2H3. The highest BCUT2D eigenvalue weighted by Crippen LogP contribution is 2.38. The van der Waals surface area contributed by atoms with Crippen LogP contribution in [0.3, 0.4) is 0 Å². The second kappa shape index (κ2) is 8.21. The van der Waals surface area contributed by atoms with Gasteiger partial charge in [0.2, 0.25) is 0 Å². The molecule has 130 valence electrons. The lowest BCUT2D eigenvalue weighted by atomic mass is 10.0. The summed E-state index contributed by atoms with van der Waals surface area (Å²) in [6.07, 6.45) is 0. The van der Waals surface area contributed by atoms with Crippen LogP contribution in [0, 0.1) is 0 Å². The minimum atomic E-state index is 0.190. The molecule has 0 saturated carbocycles. The highest BCUT2D eigenvalue weighted by Gasteiger charge is 2.26. The van der Waals surface area contributed by atoms with Crippen molar-refractivity contribution in [1.29, 1.82) is 0 Å². The zero-order valence-corrected chi connectivity index (χ0v) is 15.6. The smallest absolute Gasteiger partial charge is 0.161 e. The SMILES string of the molecule is CCOc1cc(C(c2ccc(Cl)s2)N2CCNCC2)ccc1OC. The fourth-order valence-corrected chi connectivity index (χ4v) is 4.33. The molecular formula is C18H23ClN2O2S. The fourth-order valence-electron chi connectivity index (χ4n) is 3.10. The van der Waals surface area contributed by atoms with Crippen LogP contribution in [-0.4, -0.2) is 44.8 Å². The average Bonchev–Trinajstić information content (AvgIpc) is 3.03. The Balaban J connectivity index is 1.99. The van der Waals surface area contributed by atoms with Crippen LogP contribution in [0.25, 0.3) is 0 Å². The number of nitrogens with zero attached hydrogens (tertiary/aromatic N) is 1. The molecule has 0 spiro atoms. The lowest BCUT2D eigenvalue weighted by Crippen LogP contribution is -2.45. The lowest BCUT2D eigenvalue weighted by Gasteiger charge is -2.35. The highest BCUT2D eigenvalue weighted by molar-refractivity contribution is 7.16. The number of nitrogens with one attached hydrogen (secondary N) is 1. The van der Waals surface area contributed by atoms with E-state index in [4.69, 9.17) is 21.1 Å². The molecule has 1 N–H and O–H groups in total.